The summed E-state index contributed by atoms with van der Waals surface area (Å²) in [6.07, 6.45) is 1.83. The molecule has 26 heavy (non-hydrogen) atoms. The molecule has 1 N–H and O–H groups in total. The van der Waals surface area contributed by atoms with Crippen molar-refractivity contribution < 1.29 is 28.3 Å². The first kappa shape index (κ1) is 19.5. The van der Waals surface area contributed by atoms with Gasteiger partial charge in [0.25, 0.3) is 11.8 Å². The van der Waals surface area contributed by atoms with Gasteiger partial charge in [0, 0.05) is 11.4 Å². The Morgan fingerprint density at radius 2 is 2.04 bits per heavy atom. The zero-order chi connectivity index (χ0) is 18.9. The molecule has 0 aliphatic heterocycles. The van der Waals surface area contributed by atoms with Crippen LogP contribution in [-0.4, -0.2) is 31.0 Å². The number of amides is 2. The van der Waals surface area contributed by atoms with Crippen LogP contribution < -0.4 is 10.1 Å². The average molecular weight is 380 g/mol. The summed E-state index contributed by atoms with van der Waals surface area (Å²) in [5, 5.41) is 2.71. The highest BCUT2D eigenvalue weighted by molar-refractivity contribution is 6.31. The molecule has 0 spiro atoms. The summed E-state index contributed by atoms with van der Waals surface area (Å²) in [4.78, 5) is 34.7. The van der Waals surface area contributed by atoms with Crippen molar-refractivity contribution in [2.24, 2.45) is 0 Å². The second kappa shape index (κ2) is 9.62. The van der Waals surface area contributed by atoms with Gasteiger partial charge in [-0.3, -0.25) is 19.7 Å². The predicted octanol–water partition coefficient (Wildman–Crippen LogP) is 2.90. The Hall–Kier alpha value is -2.80. The Bertz CT molecular complexity index is 772. The lowest BCUT2D eigenvalue weighted by molar-refractivity contribution is -0.148. The number of ether oxygens (including phenoxy) is 2. The van der Waals surface area contributed by atoms with Crippen LogP contribution in [0.15, 0.2) is 41.0 Å². The molecule has 1 heterocycles. The van der Waals surface area contributed by atoms with E-state index in [0.717, 1.165) is 5.56 Å². The minimum absolute atomic E-state index is 0.000684. The van der Waals surface area contributed by atoms with Crippen LogP contribution in [0.1, 0.15) is 29.0 Å². The number of hydrogen-bond acceptors (Lipinski definition) is 6. The minimum Gasteiger partial charge on any atom is -0.494 e. The smallest absolute Gasteiger partial charge is 0.306 e. The van der Waals surface area contributed by atoms with Gasteiger partial charge in [0.2, 0.25) is 0 Å². The van der Waals surface area contributed by atoms with E-state index in [1.807, 2.05) is 6.92 Å². The molecule has 0 aliphatic carbocycles. The Morgan fingerprint density at radius 1 is 1.23 bits per heavy atom. The number of carbonyl (C=O) groups excluding carboxylic acids is 3. The molecule has 0 fully saturated rings. The minimum atomic E-state index is -0.729. The van der Waals surface area contributed by atoms with Crippen molar-refractivity contribution in [1.82, 2.24) is 5.32 Å². The number of benzene rings is 1. The molecule has 8 heteroatoms. The maximum Gasteiger partial charge on any atom is 0.306 e. The van der Waals surface area contributed by atoms with E-state index >= 15 is 0 Å². The summed E-state index contributed by atoms with van der Waals surface area (Å²) >= 11 is 5.93. The van der Waals surface area contributed by atoms with E-state index in [9.17, 15) is 14.4 Å². The first-order valence-corrected chi connectivity index (χ1v) is 8.26. The van der Waals surface area contributed by atoms with Crippen LogP contribution in [0, 0.1) is 6.92 Å². The van der Waals surface area contributed by atoms with Gasteiger partial charge in [-0.15, -0.1) is 0 Å². The van der Waals surface area contributed by atoms with Crippen molar-refractivity contribution in [3.05, 3.63) is 52.9 Å². The van der Waals surface area contributed by atoms with E-state index in [2.05, 4.69) is 5.32 Å². The molecule has 0 bridgehead atoms. The molecule has 0 unspecified atom stereocenters. The molecule has 0 radical (unpaired) electrons. The second-order valence-electron chi connectivity index (χ2n) is 5.38. The van der Waals surface area contributed by atoms with Crippen LogP contribution >= 0.6 is 11.6 Å². The van der Waals surface area contributed by atoms with E-state index in [-0.39, 0.29) is 12.2 Å². The molecule has 0 atom stereocenters. The Labute approximate surface area is 155 Å². The molecule has 2 amide bonds. The normalized spacial score (nSPS) is 10.2. The fourth-order valence-corrected chi connectivity index (χ4v) is 2.08. The van der Waals surface area contributed by atoms with Crippen molar-refractivity contribution in [3.8, 4) is 5.75 Å². The van der Waals surface area contributed by atoms with E-state index < -0.39 is 24.4 Å². The third-order valence-corrected chi connectivity index (χ3v) is 3.71. The molecule has 2 rings (SSSR count). The number of esters is 1. The summed E-state index contributed by atoms with van der Waals surface area (Å²) in [6, 6.07) is 8.22. The Kier molecular flexibility index (Phi) is 7.23. The molecular formula is C18H18ClNO6. The van der Waals surface area contributed by atoms with Crippen LogP contribution in [0.3, 0.4) is 0 Å². The van der Waals surface area contributed by atoms with Gasteiger partial charge in [-0.25, -0.2) is 0 Å². The third-order valence-electron chi connectivity index (χ3n) is 3.29. The molecule has 0 saturated carbocycles. The van der Waals surface area contributed by atoms with E-state index in [1.54, 1.807) is 18.2 Å². The van der Waals surface area contributed by atoms with Crippen molar-refractivity contribution in [2.45, 2.75) is 19.8 Å². The fraction of sp³-hybridized carbons (Fsp3) is 0.278. The van der Waals surface area contributed by atoms with Gasteiger partial charge >= 0.3 is 5.97 Å². The maximum absolute atomic E-state index is 11.6. The van der Waals surface area contributed by atoms with Gasteiger partial charge in [-0.1, -0.05) is 11.6 Å². The van der Waals surface area contributed by atoms with Crippen LogP contribution in [-0.2, 0) is 14.3 Å². The number of hydrogen-bond donors (Lipinski definition) is 1. The summed E-state index contributed by atoms with van der Waals surface area (Å²) in [6.45, 7) is 1.65. The molecule has 1 aromatic heterocycles. The molecular weight excluding hydrogens is 362 g/mol. The number of halogens is 1. The lowest BCUT2D eigenvalue weighted by Crippen LogP contribution is -2.33. The lowest BCUT2D eigenvalue weighted by Gasteiger charge is -2.08. The van der Waals surface area contributed by atoms with Crippen LogP contribution in [0.5, 0.6) is 5.75 Å². The standard InChI is InChI=1S/C18H18ClNO6/c1-12-10-13(6-7-14(12)19)24-8-3-5-17(22)26-11-16(21)20-18(23)15-4-2-9-25-15/h2,4,6-7,9-10H,3,5,8,11H2,1H3,(H,20,21,23). The van der Waals surface area contributed by atoms with E-state index in [1.165, 1.54) is 18.4 Å². The highest BCUT2D eigenvalue weighted by Gasteiger charge is 2.14. The predicted molar refractivity (Wildman–Crippen MR) is 93.1 cm³/mol. The highest BCUT2D eigenvalue weighted by atomic mass is 35.5. The van der Waals surface area contributed by atoms with E-state index in [4.69, 9.17) is 25.5 Å². The van der Waals surface area contributed by atoms with Gasteiger partial charge in [-0.05, 0) is 49.2 Å². The van der Waals surface area contributed by atoms with Crippen molar-refractivity contribution in [1.29, 1.82) is 0 Å². The summed E-state index contributed by atoms with van der Waals surface area (Å²) in [7, 11) is 0. The number of rotatable bonds is 8. The van der Waals surface area contributed by atoms with Gasteiger partial charge in [0.1, 0.15) is 5.75 Å². The number of imide groups is 1. The van der Waals surface area contributed by atoms with Crippen LogP contribution in [0.25, 0.3) is 0 Å². The highest BCUT2D eigenvalue weighted by Crippen LogP contribution is 2.21. The number of furan rings is 1. The second-order valence-corrected chi connectivity index (χ2v) is 5.79. The SMILES string of the molecule is Cc1cc(OCCCC(=O)OCC(=O)NC(=O)c2ccco2)ccc1Cl. The number of nitrogens with one attached hydrogen (secondary N) is 1. The summed E-state index contributed by atoms with van der Waals surface area (Å²) in [5.74, 6) is -1.31. The van der Waals surface area contributed by atoms with Crippen molar-refractivity contribution >= 4 is 29.4 Å². The number of aryl methyl sites for hydroxylation is 1. The largest absolute Gasteiger partial charge is 0.494 e. The van der Waals surface area contributed by atoms with Crippen molar-refractivity contribution in [3.63, 3.8) is 0 Å². The van der Waals surface area contributed by atoms with Crippen molar-refractivity contribution in [2.75, 3.05) is 13.2 Å². The molecule has 0 aliphatic rings. The molecule has 2 aromatic rings. The Morgan fingerprint density at radius 3 is 2.73 bits per heavy atom. The quantitative estimate of drug-likeness (QED) is 0.559. The number of carbonyl (C=O) groups is 3. The van der Waals surface area contributed by atoms with Gasteiger partial charge in [0.15, 0.2) is 12.4 Å². The Balaban J connectivity index is 1.60. The first-order valence-electron chi connectivity index (χ1n) is 7.88. The fourth-order valence-electron chi connectivity index (χ4n) is 1.96. The monoisotopic (exact) mass is 379 g/mol. The summed E-state index contributed by atoms with van der Waals surface area (Å²) in [5.41, 5.74) is 0.902. The maximum atomic E-state index is 11.6. The third kappa shape index (κ3) is 6.25. The lowest BCUT2D eigenvalue weighted by atomic mass is 10.2. The van der Waals surface area contributed by atoms with Gasteiger partial charge in [0.05, 0.1) is 12.9 Å². The van der Waals surface area contributed by atoms with Crippen LogP contribution in [0.4, 0.5) is 0 Å². The summed E-state index contributed by atoms with van der Waals surface area (Å²) < 4.78 is 15.2. The zero-order valence-electron chi connectivity index (χ0n) is 14.1. The van der Waals surface area contributed by atoms with Gasteiger partial charge < -0.3 is 13.9 Å². The molecule has 1 aromatic carbocycles. The topological polar surface area (TPSA) is 94.8 Å². The average Bonchev–Trinajstić information content (AvgIpc) is 3.14. The van der Waals surface area contributed by atoms with Crippen LogP contribution in [0.2, 0.25) is 5.02 Å². The molecule has 0 saturated heterocycles. The molecule has 138 valence electrons. The first-order chi connectivity index (χ1) is 12.5. The van der Waals surface area contributed by atoms with E-state index in [0.29, 0.717) is 23.8 Å². The van der Waals surface area contributed by atoms with Gasteiger partial charge in [-0.2, -0.15) is 0 Å². The zero-order valence-corrected chi connectivity index (χ0v) is 14.9. The molecule has 7 nitrogen and oxygen atoms in total.